The average Bonchev–Trinajstić information content (AvgIpc) is 3.03. The van der Waals surface area contributed by atoms with Gasteiger partial charge in [0, 0.05) is 30.4 Å². The zero-order valence-electron chi connectivity index (χ0n) is 13.0. The molecule has 5 heteroatoms. The number of rotatable bonds is 3. The second-order valence-electron chi connectivity index (χ2n) is 5.53. The number of hydrogen-bond donors (Lipinski definition) is 1. The summed E-state index contributed by atoms with van der Waals surface area (Å²) in [4.78, 5) is 4.48. The molecule has 1 radical (unpaired) electrons. The van der Waals surface area contributed by atoms with Gasteiger partial charge in [-0.15, -0.1) is 0 Å². The number of hydrogen-bond acceptors (Lipinski definition) is 3. The van der Waals surface area contributed by atoms with E-state index >= 15 is 0 Å². The Balaban J connectivity index is 1.81. The normalized spacial score (nSPS) is 10.9. The minimum atomic E-state index is 0.611. The van der Waals surface area contributed by atoms with Gasteiger partial charge in [0.15, 0.2) is 0 Å². The Bertz CT molecular complexity index is 1020. The average molecular weight is 334 g/mol. The Morgan fingerprint density at radius 2 is 2.12 bits per heavy atom. The first kappa shape index (κ1) is 14.7. The van der Waals surface area contributed by atoms with Crippen LogP contribution < -0.4 is 5.32 Å². The lowest BCUT2D eigenvalue weighted by molar-refractivity contribution is 0.768. The standard InChI is InChI=1S/C19H14ClN4/c1-24-12-14(11-22-24)15-6-4-5-13-10-21-19(9-16(13)15)23-18-8-3-2-7-17(18)20/h3-12H,1H3,(H,21,23). The molecule has 4 aromatic rings. The van der Waals surface area contributed by atoms with E-state index in [1.54, 1.807) is 10.7 Å². The summed E-state index contributed by atoms with van der Waals surface area (Å²) >= 11 is 6.19. The molecule has 2 aromatic carbocycles. The van der Waals surface area contributed by atoms with Crippen molar-refractivity contribution in [3.05, 3.63) is 72.1 Å². The van der Waals surface area contributed by atoms with Gasteiger partial charge in [-0.25, -0.2) is 4.98 Å². The Morgan fingerprint density at radius 3 is 2.92 bits per heavy atom. The summed E-state index contributed by atoms with van der Waals surface area (Å²) in [6.07, 6.45) is 5.74. The van der Waals surface area contributed by atoms with Crippen LogP contribution in [0.4, 0.5) is 11.5 Å². The second-order valence-corrected chi connectivity index (χ2v) is 5.94. The maximum absolute atomic E-state index is 6.19. The van der Waals surface area contributed by atoms with E-state index in [0.29, 0.717) is 5.02 Å². The molecule has 0 aliphatic rings. The molecule has 0 aliphatic heterocycles. The van der Waals surface area contributed by atoms with Crippen LogP contribution in [0, 0.1) is 6.07 Å². The van der Waals surface area contributed by atoms with Crippen molar-refractivity contribution < 1.29 is 0 Å². The lowest BCUT2D eigenvalue weighted by Gasteiger charge is -2.10. The Kier molecular flexibility index (Phi) is 3.67. The topological polar surface area (TPSA) is 42.7 Å². The summed E-state index contributed by atoms with van der Waals surface area (Å²) in [7, 11) is 1.91. The summed E-state index contributed by atoms with van der Waals surface area (Å²) < 4.78 is 1.80. The molecule has 2 aromatic heterocycles. The molecule has 1 N–H and O–H groups in total. The molecule has 0 saturated carbocycles. The van der Waals surface area contributed by atoms with Crippen LogP contribution in [0.3, 0.4) is 0 Å². The highest BCUT2D eigenvalue weighted by Gasteiger charge is 2.08. The van der Waals surface area contributed by atoms with E-state index in [9.17, 15) is 0 Å². The third kappa shape index (κ3) is 2.72. The Morgan fingerprint density at radius 1 is 1.21 bits per heavy atom. The molecular formula is C19H14ClN4. The first-order chi connectivity index (χ1) is 11.7. The van der Waals surface area contributed by atoms with Gasteiger partial charge in [0.25, 0.3) is 0 Å². The van der Waals surface area contributed by atoms with Gasteiger partial charge in [-0.3, -0.25) is 4.68 Å². The number of nitrogens with one attached hydrogen (secondary N) is 1. The molecular weight excluding hydrogens is 320 g/mol. The largest absolute Gasteiger partial charge is 0.339 e. The summed E-state index contributed by atoms with van der Waals surface area (Å²) in [6.45, 7) is 0. The third-order valence-corrected chi connectivity index (χ3v) is 4.17. The maximum atomic E-state index is 6.19. The summed E-state index contributed by atoms with van der Waals surface area (Å²) in [5.41, 5.74) is 3.01. The van der Waals surface area contributed by atoms with Crippen LogP contribution in [-0.4, -0.2) is 14.8 Å². The van der Waals surface area contributed by atoms with Crippen molar-refractivity contribution in [1.29, 1.82) is 0 Å². The van der Waals surface area contributed by atoms with E-state index in [2.05, 4.69) is 33.6 Å². The number of fused-ring (bicyclic) bond motifs is 1. The van der Waals surface area contributed by atoms with Gasteiger partial charge in [-0.1, -0.05) is 35.9 Å². The lowest BCUT2D eigenvalue weighted by atomic mass is 10.0. The molecule has 117 valence electrons. The minimum absolute atomic E-state index is 0.611. The first-order valence-electron chi connectivity index (χ1n) is 7.51. The molecule has 4 nitrogen and oxygen atoms in total. The fraction of sp³-hybridized carbons (Fsp3) is 0.0526. The Hall–Kier alpha value is -2.85. The molecule has 0 unspecified atom stereocenters. The monoisotopic (exact) mass is 333 g/mol. The highest BCUT2D eigenvalue weighted by Crippen LogP contribution is 2.31. The van der Waals surface area contributed by atoms with Crippen LogP contribution in [0.1, 0.15) is 0 Å². The SMILES string of the molecule is Cn1cc(-c2cccc3cnc(Nc4cc[c]cc4Cl)cc23)cn1. The van der Waals surface area contributed by atoms with Crippen LogP contribution >= 0.6 is 11.6 Å². The van der Waals surface area contributed by atoms with Crippen LogP contribution in [-0.2, 0) is 7.05 Å². The number of halogens is 1. The molecule has 24 heavy (non-hydrogen) atoms. The third-order valence-electron chi connectivity index (χ3n) is 3.86. The molecule has 2 heterocycles. The van der Waals surface area contributed by atoms with Crippen molar-refractivity contribution >= 4 is 33.9 Å². The minimum Gasteiger partial charge on any atom is -0.339 e. The van der Waals surface area contributed by atoms with Crippen molar-refractivity contribution in [2.24, 2.45) is 7.05 Å². The van der Waals surface area contributed by atoms with Crippen LogP contribution in [0.5, 0.6) is 0 Å². The van der Waals surface area contributed by atoms with Gasteiger partial charge in [-0.05, 0) is 35.2 Å². The highest BCUT2D eigenvalue weighted by atomic mass is 35.5. The zero-order valence-corrected chi connectivity index (χ0v) is 13.7. The number of aromatic nitrogens is 3. The molecule has 0 aliphatic carbocycles. The molecule has 0 fully saturated rings. The number of nitrogens with zero attached hydrogens (tertiary/aromatic N) is 3. The van der Waals surface area contributed by atoms with Gasteiger partial charge in [0.2, 0.25) is 0 Å². The molecule has 0 atom stereocenters. The van der Waals surface area contributed by atoms with Gasteiger partial charge in [0.05, 0.1) is 16.9 Å². The zero-order chi connectivity index (χ0) is 16.5. The smallest absolute Gasteiger partial charge is 0.130 e. The second kappa shape index (κ2) is 5.98. The quantitative estimate of drug-likeness (QED) is 0.583. The molecule has 4 rings (SSSR count). The lowest BCUT2D eigenvalue weighted by Crippen LogP contribution is -1.94. The number of benzene rings is 2. The molecule has 0 spiro atoms. The molecule has 0 bridgehead atoms. The van der Waals surface area contributed by atoms with Crippen molar-refractivity contribution in [3.8, 4) is 11.1 Å². The fourth-order valence-electron chi connectivity index (χ4n) is 2.70. The van der Waals surface area contributed by atoms with Crippen LogP contribution in [0.25, 0.3) is 21.9 Å². The Labute approximate surface area is 144 Å². The van der Waals surface area contributed by atoms with Gasteiger partial charge < -0.3 is 5.32 Å². The van der Waals surface area contributed by atoms with Crippen molar-refractivity contribution in [1.82, 2.24) is 14.8 Å². The van der Waals surface area contributed by atoms with Crippen molar-refractivity contribution in [2.45, 2.75) is 0 Å². The van der Waals surface area contributed by atoms with Gasteiger partial charge in [-0.2, -0.15) is 5.10 Å². The predicted molar refractivity (Wildman–Crippen MR) is 97.5 cm³/mol. The van der Waals surface area contributed by atoms with Gasteiger partial charge >= 0.3 is 0 Å². The summed E-state index contributed by atoms with van der Waals surface area (Å²) in [6, 6.07) is 16.6. The van der Waals surface area contributed by atoms with Crippen molar-refractivity contribution in [3.63, 3.8) is 0 Å². The predicted octanol–water partition coefficient (Wildman–Crippen LogP) is 4.83. The van der Waals surface area contributed by atoms with E-state index in [0.717, 1.165) is 33.4 Å². The van der Waals surface area contributed by atoms with E-state index < -0.39 is 0 Å². The number of pyridine rings is 1. The maximum Gasteiger partial charge on any atom is 0.130 e. The number of anilines is 2. The van der Waals surface area contributed by atoms with E-state index in [1.807, 2.05) is 49.9 Å². The van der Waals surface area contributed by atoms with E-state index in [4.69, 9.17) is 11.6 Å². The summed E-state index contributed by atoms with van der Waals surface area (Å²) in [5, 5.41) is 10.3. The first-order valence-corrected chi connectivity index (χ1v) is 7.89. The van der Waals surface area contributed by atoms with Crippen LogP contribution in [0.2, 0.25) is 5.02 Å². The van der Waals surface area contributed by atoms with E-state index in [-0.39, 0.29) is 0 Å². The van der Waals surface area contributed by atoms with Gasteiger partial charge in [0.1, 0.15) is 5.82 Å². The van der Waals surface area contributed by atoms with Crippen LogP contribution in [0.15, 0.2) is 61.1 Å². The number of aryl methyl sites for hydroxylation is 1. The molecule has 0 saturated heterocycles. The van der Waals surface area contributed by atoms with E-state index in [1.165, 1.54) is 0 Å². The van der Waals surface area contributed by atoms with Crippen molar-refractivity contribution in [2.75, 3.05) is 5.32 Å². The highest BCUT2D eigenvalue weighted by molar-refractivity contribution is 6.33. The fourth-order valence-corrected chi connectivity index (χ4v) is 2.87. The summed E-state index contributed by atoms with van der Waals surface area (Å²) in [5.74, 6) is 0.743. The molecule has 0 amide bonds.